The van der Waals surface area contributed by atoms with Gasteiger partial charge in [0.05, 0.1) is 23.0 Å². The second-order valence-electron chi connectivity index (χ2n) is 2.45. The molecule has 0 amide bonds. The monoisotopic (exact) mass is 254 g/mol. The van der Waals surface area contributed by atoms with Crippen molar-refractivity contribution in [1.29, 1.82) is 0 Å². The first kappa shape index (κ1) is 10.6. The first-order valence-corrected chi connectivity index (χ1v) is 4.41. The van der Waals surface area contributed by atoms with Crippen LogP contribution in [0, 0.1) is 0 Å². The molecule has 0 aliphatic rings. The zero-order chi connectivity index (χ0) is 9.84. The maximum absolute atomic E-state index is 12.0. The molecule has 1 heterocycles. The molecular formula is C7H9BrF2N2O. The van der Waals surface area contributed by atoms with E-state index in [1.54, 1.807) is 0 Å². The van der Waals surface area contributed by atoms with Crippen molar-refractivity contribution in [1.82, 2.24) is 9.78 Å². The van der Waals surface area contributed by atoms with Crippen molar-refractivity contribution in [2.45, 2.75) is 19.6 Å². The van der Waals surface area contributed by atoms with Gasteiger partial charge in [-0.05, 0) is 15.9 Å². The van der Waals surface area contributed by atoms with Crippen molar-refractivity contribution >= 4 is 15.9 Å². The van der Waals surface area contributed by atoms with E-state index < -0.39 is 13.0 Å². The topological polar surface area (TPSA) is 27.1 Å². The molecular weight excluding hydrogens is 246 g/mol. The molecule has 74 valence electrons. The van der Waals surface area contributed by atoms with Crippen molar-refractivity contribution in [3.05, 3.63) is 16.4 Å². The van der Waals surface area contributed by atoms with Gasteiger partial charge in [-0.1, -0.05) is 0 Å². The van der Waals surface area contributed by atoms with Crippen LogP contribution in [0.15, 0.2) is 10.7 Å². The lowest BCUT2D eigenvalue weighted by molar-refractivity contribution is 0.114. The summed E-state index contributed by atoms with van der Waals surface area (Å²) in [5, 5.41) is 3.78. The average Bonchev–Trinajstić information content (AvgIpc) is 2.35. The third-order valence-electron chi connectivity index (χ3n) is 1.49. The van der Waals surface area contributed by atoms with Crippen LogP contribution in [0.1, 0.15) is 5.69 Å². The van der Waals surface area contributed by atoms with E-state index in [0.29, 0.717) is 10.2 Å². The fraction of sp³-hybridized carbons (Fsp3) is 0.571. The number of rotatable bonds is 4. The molecule has 0 aromatic carbocycles. The van der Waals surface area contributed by atoms with Crippen molar-refractivity contribution in [3.63, 3.8) is 0 Å². The molecule has 13 heavy (non-hydrogen) atoms. The Morgan fingerprint density at radius 1 is 1.69 bits per heavy atom. The Kier molecular flexibility index (Phi) is 3.80. The van der Waals surface area contributed by atoms with E-state index in [0.717, 1.165) is 0 Å². The minimum atomic E-state index is -2.40. The summed E-state index contributed by atoms with van der Waals surface area (Å²) in [5.41, 5.74) is 0.628. The summed E-state index contributed by atoms with van der Waals surface area (Å²) in [6.07, 6.45) is -0.918. The third kappa shape index (κ3) is 2.73. The van der Waals surface area contributed by atoms with Crippen LogP contribution in [-0.2, 0) is 17.9 Å². The number of aromatic nitrogens is 2. The summed E-state index contributed by atoms with van der Waals surface area (Å²) < 4.78 is 30.8. The molecule has 0 aliphatic carbocycles. The van der Waals surface area contributed by atoms with E-state index in [1.165, 1.54) is 18.0 Å². The number of methoxy groups -OCH3 is 1. The first-order valence-electron chi connectivity index (χ1n) is 3.62. The van der Waals surface area contributed by atoms with Crippen molar-refractivity contribution in [3.8, 4) is 0 Å². The predicted octanol–water partition coefficient (Wildman–Crippen LogP) is 2.06. The Hall–Kier alpha value is -0.490. The van der Waals surface area contributed by atoms with Gasteiger partial charge in [-0.3, -0.25) is 4.68 Å². The van der Waals surface area contributed by atoms with Crippen LogP contribution in [-0.4, -0.2) is 23.3 Å². The van der Waals surface area contributed by atoms with Gasteiger partial charge in [0.1, 0.15) is 6.54 Å². The average molecular weight is 255 g/mol. The van der Waals surface area contributed by atoms with Gasteiger partial charge < -0.3 is 4.74 Å². The van der Waals surface area contributed by atoms with Crippen molar-refractivity contribution in [2.24, 2.45) is 0 Å². The maximum Gasteiger partial charge on any atom is 0.257 e. The van der Waals surface area contributed by atoms with Gasteiger partial charge >= 0.3 is 0 Å². The molecule has 0 spiro atoms. The summed E-state index contributed by atoms with van der Waals surface area (Å²) in [5.74, 6) is 0. The molecule has 0 saturated heterocycles. The molecule has 1 aromatic heterocycles. The number of halogens is 3. The molecule has 0 bridgehead atoms. The zero-order valence-electron chi connectivity index (χ0n) is 7.01. The zero-order valence-corrected chi connectivity index (χ0v) is 8.59. The van der Waals surface area contributed by atoms with Gasteiger partial charge in [0.15, 0.2) is 0 Å². The van der Waals surface area contributed by atoms with Crippen LogP contribution in [0.4, 0.5) is 8.78 Å². The van der Waals surface area contributed by atoms with Crippen LogP contribution in [0.5, 0.6) is 0 Å². The minimum absolute atomic E-state index is 0.271. The Morgan fingerprint density at radius 2 is 2.38 bits per heavy atom. The number of nitrogens with zero attached hydrogens (tertiary/aromatic N) is 2. The number of alkyl halides is 2. The van der Waals surface area contributed by atoms with Crippen molar-refractivity contribution < 1.29 is 13.5 Å². The molecule has 0 atom stereocenters. The van der Waals surface area contributed by atoms with Crippen LogP contribution < -0.4 is 0 Å². The van der Waals surface area contributed by atoms with Crippen LogP contribution in [0.3, 0.4) is 0 Å². The molecule has 3 nitrogen and oxygen atoms in total. The van der Waals surface area contributed by atoms with Crippen molar-refractivity contribution in [2.75, 3.05) is 7.11 Å². The minimum Gasteiger partial charge on any atom is -0.378 e. The van der Waals surface area contributed by atoms with E-state index in [1.807, 2.05) is 0 Å². The second-order valence-corrected chi connectivity index (χ2v) is 3.30. The lowest BCUT2D eigenvalue weighted by Gasteiger charge is -2.05. The highest BCUT2D eigenvalue weighted by atomic mass is 79.9. The smallest absolute Gasteiger partial charge is 0.257 e. The molecule has 0 N–H and O–H groups in total. The highest BCUT2D eigenvalue weighted by molar-refractivity contribution is 9.10. The van der Waals surface area contributed by atoms with E-state index in [-0.39, 0.29) is 6.61 Å². The molecule has 0 radical (unpaired) electrons. The lowest BCUT2D eigenvalue weighted by Crippen LogP contribution is -2.11. The Labute approximate surface area is 82.8 Å². The summed E-state index contributed by atoms with van der Waals surface area (Å²) >= 11 is 3.20. The molecule has 0 saturated carbocycles. The SMILES string of the molecule is COCc1c(Br)cnn1CC(F)F. The van der Waals surface area contributed by atoms with Gasteiger partial charge in [0.2, 0.25) is 0 Å². The molecule has 1 aromatic rings. The summed E-state index contributed by atoms with van der Waals surface area (Å²) in [6, 6.07) is 0. The molecule has 0 aliphatic heterocycles. The van der Waals surface area contributed by atoms with Crippen LogP contribution in [0.2, 0.25) is 0 Å². The number of hydrogen-bond donors (Lipinski definition) is 0. The fourth-order valence-electron chi connectivity index (χ4n) is 0.956. The molecule has 0 fully saturated rings. The Balaban J connectivity index is 2.80. The van der Waals surface area contributed by atoms with Gasteiger partial charge in [0, 0.05) is 7.11 Å². The van der Waals surface area contributed by atoms with Gasteiger partial charge in [-0.25, -0.2) is 8.78 Å². The maximum atomic E-state index is 12.0. The van der Waals surface area contributed by atoms with Gasteiger partial charge in [0.25, 0.3) is 6.43 Å². The summed E-state index contributed by atoms with van der Waals surface area (Å²) in [7, 11) is 1.51. The Bertz CT molecular complexity index is 277. The first-order chi connectivity index (χ1) is 6.15. The largest absolute Gasteiger partial charge is 0.378 e. The van der Waals surface area contributed by atoms with Crippen LogP contribution in [0.25, 0.3) is 0 Å². The van der Waals surface area contributed by atoms with Crippen LogP contribution >= 0.6 is 15.9 Å². The summed E-state index contributed by atoms with van der Waals surface area (Å²) in [4.78, 5) is 0. The highest BCUT2D eigenvalue weighted by Gasteiger charge is 2.12. The van der Waals surface area contributed by atoms with E-state index >= 15 is 0 Å². The Morgan fingerprint density at radius 3 is 2.92 bits per heavy atom. The molecule has 1 rings (SSSR count). The quantitative estimate of drug-likeness (QED) is 0.823. The standard InChI is InChI=1S/C7H9BrF2N2O/c1-13-4-6-5(8)2-11-12(6)3-7(9)10/h2,7H,3-4H2,1H3. The highest BCUT2D eigenvalue weighted by Crippen LogP contribution is 2.17. The number of hydrogen-bond acceptors (Lipinski definition) is 2. The summed E-state index contributed by atoms with van der Waals surface area (Å²) in [6.45, 7) is -0.127. The van der Waals surface area contributed by atoms with E-state index in [4.69, 9.17) is 4.74 Å². The fourth-order valence-corrected chi connectivity index (χ4v) is 1.37. The normalized spacial score (nSPS) is 11.2. The molecule has 6 heteroatoms. The molecule has 0 unspecified atom stereocenters. The van der Waals surface area contributed by atoms with Gasteiger partial charge in [-0.15, -0.1) is 0 Å². The second kappa shape index (κ2) is 4.66. The predicted molar refractivity (Wildman–Crippen MR) is 46.6 cm³/mol. The van der Waals surface area contributed by atoms with E-state index in [2.05, 4.69) is 21.0 Å². The van der Waals surface area contributed by atoms with E-state index in [9.17, 15) is 8.78 Å². The third-order valence-corrected chi connectivity index (χ3v) is 2.15. The number of ether oxygens (including phenoxy) is 1. The van der Waals surface area contributed by atoms with Gasteiger partial charge in [-0.2, -0.15) is 5.10 Å². The lowest BCUT2D eigenvalue weighted by atomic mass is 10.4.